The topological polar surface area (TPSA) is 115 Å². The molecule has 3 aromatic rings. The molecule has 1 amide bonds. The lowest BCUT2D eigenvalue weighted by Crippen LogP contribution is -2.36. The highest BCUT2D eigenvalue weighted by molar-refractivity contribution is 7.09. The number of nitrogens with zero attached hydrogens (tertiary/aromatic N) is 4. The van der Waals surface area contributed by atoms with E-state index in [1.54, 1.807) is 7.05 Å². The van der Waals surface area contributed by atoms with E-state index < -0.39 is 11.2 Å². The zero-order valence-electron chi connectivity index (χ0n) is 14.1. The Morgan fingerprint density at radius 3 is 2.72 bits per heavy atom. The molecule has 0 spiro atoms. The van der Waals surface area contributed by atoms with Gasteiger partial charge in [0.05, 0.1) is 6.54 Å². The summed E-state index contributed by atoms with van der Waals surface area (Å²) in [5, 5.41) is 5.59. The molecular formula is C15H18N6O3S. The van der Waals surface area contributed by atoms with Crippen molar-refractivity contribution >= 4 is 28.4 Å². The lowest BCUT2D eigenvalue weighted by molar-refractivity contribution is -0.121. The molecule has 0 saturated heterocycles. The summed E-state index contributed by atoms with van der Waals surface area (Å²) in [6.07, 6.45) is 0.563. The highest BCUT2D eigenvalue weighted by Crippen LogP contribution is 2.09. The lowest BCUT2D eigenvalue weighted by Gasteiger charge is -2.01. The number of carbonyl (C=O) groups excluding carboxylic acids is 1. The van der Waals surface area contributed by atoms with Crippen LogP contribution in [0.25, 0.3) is 11.2 Å². The number of rotatable bonds is 5. The number of fused-ring (bicyclic) bond motifs is 1. The van der Waals surface area contributed by atoms with Crippen molar-refractivity contribution in [2.24, 2.45) is 14.1 Å². The second-order valence-electron chi connectivity index (χ2n) is 5.75. The molecule has 3 aromatic heterocycles. The number of carbonyl (C=O) groups is 1. The Hall–Kier alpha value is -2.75. The second kappa shape index (κ2) is 6.63. The number of aromatic amines is 1. The van der Waals surface area contributed by atoms with Gasteiger partial charge in [-0.15, -0.1) is 11.3 Å². The monoisotopic (exact) mass is 362 g/mol. The van der Waals surface area contributed by atoms with E-state index in [0.717, 1.165) is 15.3 Å². The molecule has 0 atom stereocenters. The van der Waals surface area contributed by atoms with Crippen LogP contribution in [0.5, 0.6) is 0 Å². The number of nitrogens with one attached hydrogen (secondary N) is 2. The highest BCUT2D eigenvalue weighted by atomic mass is 32.1. The fourth-order valence-corrected chi connectivity index (χ4v) is 3.18. The third-order valence-electron chi connectivity index (χ3n) is 3.84. The maximum Gasteiger partial charge on any atom is 0.332 e. The average molecular weight is 362 g/mol. The minimum atomic E-state index is -0.438. The van der Waals surface area contributed by atoms with Gasteiger partial charge in [-0.2, -0.15) is 0 Å². The SMILES string of the molecule is Cc1csc(CNC(=O)CCc2nc3c([nH]2)c(=O)n(C)c(=O)n3C)n1. The quantitative estimate of drug-likeness (QED) is 0.662. The number of amides is 1. The number of imidazole rings is 1. The first-order valence-corrected chi connectivity index (χ1v) is 8.57. The molecule has 0 bridgehead atoms. The first kappa shape index (κ1) is 17.1. The minimum absolute atomic E-state index is 0.130. The Morgan fingerprint density at radius 2 is 2.04 bits per heavy atom. The molecular weight excluding hydrogens is 344 g/mol. The molecule has 0 radical (unpaired) electrons. The first-order valence-electron chi connectivity index (χ1n) is 7.69. The Kier molecular flexibility index (Phi) is 4.53. The summed E-state index contributed by atoms with van der Waals surface area (Å²) in [5.74, 6) is 0.364. The number of hydrogen-bond acceptors (Lipinski definition) is 6. The van der Waals surface area contributed by atoms with Crippen molar-refractivity contribution in [3.63, 3.8) is 0 Å². The molecule has 2 N–H and O–H groups in total. The molecule has 9 nitrogen and oxygen atoms in total. The molecule has 3 heterocycles. The summed E-state index contributed by atoms with van der Waals surface area (Å²) in [4.78, 5) is 47.4. The smallest absolute Gasteiger partial charge is 0.332 e. The Morgan fingerprint density at radius 1 is 1.28 bits per heavy atom. The third kappa shape index (κ3) is 3.38. The summed E-state index contributed by atoms with van der Waals surface area (Å²) in [5.41, 5.74) is 0.622. The predicted octanol–water partition coefficient (Wildman–Crippen LogP) is -0.0258. The largest absolute Gasteiger partial charge is 0.350 e. The molecule has 132 valence electrons. The van der Waals surface area contributed by atoms with Gasteiger partial charge in [0.25, 0.3) is 5.56 Å². The average Bonchev–Trinajstić information content (AvgIpc) is 3.20. The van der Waals surface area contributed by atoms with Gasteiger partial charge in [0.15, 0.2) is 5.65 Å². The summed E-state index contributed by atoms with van der Waals surface area (Å²) in [7, 11) is 2.97. The molecule has 3 rings (SSSR count). The van der Waals surface area contributed by atoms with Crippen LogP contribution >= 0.6 is 11.3 Å². The lowest BCUT2D eigenvalue weighted by atomic mass is 10.3. The molecule has 0 aliphatic rings. The number of hydrogen-bond donors (Lipinski definition) is 2. The predicted molar refractivity (Wildman–Crippen MR) is 93.6 cm³/mol. The summed E-state index contributed by atoms with van der Waals surface area (Å²) in [6.45, 7) is 2.30. The van der Waals surface area contributed by atoms with E-state index in [4.69, 9.17) is 0 Å². The number of H-pyrrole nitrogens is 1. The van der Waals surface area contributed by atoms with Crippen LogP contribution in [-0.4, -0.2) is 30.0 Å². The van der Waals surface area contributed by atoms with Gasteiger partial charge in [-0.05, 0) is 6.92 Å². The van der Waals surface area contributed by atoms with Crippen molar-refractivity contribution in [2.45, 2.75) is 26.3 Å². The van der Waals surface area contributed by atoms with Gasteiger partial charge in [-0.1, -0.05) is 0 Å². The zero-order chi connectivity index (χ0) is 18.1. The summed E-state index contributed by atoms with van der Waals surface area (Å²) >= 11 is 1.50. The Balaban J connectivity index is 1.68. The maximum absolute atomic E-state index is 12.1. The van der Waals surface area contributed by atoms with Crippen molar-refractivity contribution < 1.29 is 4.79 Å². The van der Waals surface area contributed by atoms with Gasteiger partial charge < -0.3 is 10.3 Å². The maximum atomic E-state index is 12.1. The molecule has 0 aliphatic heterocycles. The van der Waals surface area contributed by atoms with Crippen LogP contribution in [0, 0.1) is 6.92 Å². The van der Waals surface area contributed by atoms with Crippen LogP contribution in [0.2, 0.25) is 0 Å². The first-order chi connectivity index (χ1) is 11.9. The molecule has 10 heteroatoms. The van der Waals surface area contributed by atoms with Gasteiger partial charge in [-0.3, -0.25) is 18.7 Å². The highest BCUT2D eigenvalue weighted by Gasteiger charge is 2.14. The van der Waals surface area contributed by atoms with Crippen LogP contribution in [0.3, 0.4) is 0 Å². The van der Waals surface area contributed by atoms with Crippen LogP contribution in [0.4, 0.5) is 0 Å². The molecule has 0 fully saturated rings. The molecule has 0 aliphatic carbocycles. The van der Waals surface area contributed by atoms with Crippen molar-refractivity contribution in [3.8, 4) is 0 Å². The van der Waals surface area contributed by atoms with Gasteiger partial charge in [0, 0.05) is 38.0 Å². The van der Waals surface area contributed by atoms with Crippen molar-refractivity contribution in [1.29, 1.82) is 0 Å². The Labute approximate surface area is 146 Å². The van der Waals surface area contributed by atoms with E-state index in [-0.39, 0.29) is 17.8 Å². The molecule has 0 aromatic carbocycles. The van der Waals surface area contributed by atoms with E-state index in [9.17, 15) is 14.4 Å². The van der Waals surface area contributed by atoms with Crippen LogP contribution < -0.4 is 16.6 Å². The molecule has 0 saturated carbocycles. The van der Waals surface area contributed by atoms with Crippen molar-refractivity contribution in [3.05, 3.63) is 42.7 Å². The second-order valence-corrected chi connectivity index (χ2v) is 6.69. The van der Waals surface area contributed by atoms with Crippen LogP contribution in [0.1, 0.15) is 22.9 Å². The Bertz CT molecular complexity index is 1060. The summed E-state index contributed by atoms with van der Waals surface area (Å²) in [6, 6.07) is 0. The number of aromatic nitrogens is 5. The van der Waals surface area contributed by atoms with Gasteiger partial charge in [0.1, 0.15) is 16.3 Å². The normalized spacial score (nSPS) is 11.2. The zero-order valence-corrected chi connectivity index (χ0v) is 14.9. The van der Waals surface area contributed by atoms with Crippen molar-refractivity contribution in [2.75, 3.05) is 0 Å². The minimum Gasteiger partial charge on any atom is -0.350 e. The van der Waals surface area contributed by atoms with E-state index in [0.29, 0.717) is 24.4 Å². The van der Waals surface area contributed by atoms with Crippen molar-refractivity contribution in [1.82, 2.24) is 29.4 Å². The van der Waals surface area contributed by atoms with Crippen LogP contribution in [-0.2, 0) is 31.9 Å². The van der Waals surface area contributed by atoms with E-state index in [2.05, 4.69) is 20.3 Å². The van der Waals surface area contributed by atoms with E-state index >= 15 is 0 Å². The summed E-state index contributed by atoms with van der Waals surface area (Å²) < 4.78 is 2.33. The fourth-order valence-electron chi connectivity index (χ4n) is 2.47. The van der Waals surface area contributed by atoms with E-state index in [1.807, 2.05) is 12.3 Å². The van der Waals surface area contributed by atoms with Gasteiger partial charge in [0.2, 0.25) is 5.91 Å². The third-order valence-corrected chi connectivity index (χ3v) is 4.80. The molecule has 25 heavy (non-hydrogen) atoms. The standard InChI is InChI=1S/C15H18N6O3S/c1-8-7-25-11(17-8)6-16-10(22)5-4-9-18-12-13(19-9)20(2)15(24)21(3)14(12)23/h7H,4-6H2,1-3H3,(H,16,22)(H,18,19). The fraction of sp³-hybridized carbons (Fsp3) is 0.400. The van der Waals surface area contributed by atoms with Gasteiger partial charge >= 0.3 is 5.69 Å². The van der Waals surface area contributed by atoms with E-state index in [1.165, 1.54) is 23.0 Å². The molecule has 0 unspecified atom stereocenters. The number of aryl methyl sites for hydroxylation is 3. The van der Waals surface area contributed by atoms with Gasteiger partial charge in [-0.25, -0.2) is 14.8 Å². The number of thiazole rings is 1. The van der Waals surface area contributed by atoms with Crippen LogP contribution in [0.15, 0.2) is 15.0 Å².